The summed E-state index contributed by atoms with van der Waals surface area (Å²) < 4.78 is 19.7. The molecule has 2 aromatic rings. The van der Waals surface area contributed by atoms with Crippen LogP contribution in [-0.2, 0) is 0 Å². The Hall–Kier alpha value is -3.36. The summed E-state index contributed by atoms with van der Waals surface area (Å²) in [7, 11) is 0. The maximum absolute atomic E-state index is 13.9. The van der Waals surface area contributed by atoms with Gasteiger partial charge in [0.25, 0.3) is 0 Å². The molecule has 3 rings (SSSR count). The number of benzene rings is 1. The average Bonchev–Trinajstić information content (AvgIpc) is 2.63. The Morgan fingerprint density at radius 3 is 2.75 bits per heavy atom. The first-order valence-corrected chi connectivity index (χ1v) is 8.85. The Morgan fingerprint density at radius 2 is 2.04 bits per heavy atom. The lowest BCUT2D eigenvalue weighted by atomic mass is 10.1. The largest absolute Gasteiger partial charge is 0.488 e. The minimum absolute atomic E-state index is 0.218. The molecule has 1 aliphatic rings. The Labute approximate surface area is 161 Å². The topological polar surface area (TPSA) is 104 Å². The van der Waals surface area contributed by atoms with E-state index in [9.17, 15) is 14.0 Å². The lowest BCUT2D eigenvalue weighted by molar-refractivity contribution is 0.0790. The van der Waals surface area contributed by atoms with Crippen molar-refractivity contribution in [2.24, 2.45) is 0 Å². The first-order chi connectivity index (χ1) is 13.4. The minimum atomic E-state index is -1.00. The molecule has 1 aromatic heterocycles. The number of piperidine rings is 1. The fourth-order valence-corrected chi connectivity index (χ4v) is 2.94. The molecule has 1 saturated heterocycles. The number of likely N-dealkylation sites (tertiary alicyclic amines) is 1. The zero-order chi connectivity index (χ0) is 20.1. The summed E-state index contributed by atoms with van der Waals surface area (Å²) in [4.78, 5) is 28.6. The minimum Gasteiger partial charge on any atom is -0.488 e. The molecule has 0 bridgehead atoms. The van der Waals surface area contributed by atoms with Crippen molar-refractivity contribution in [1.82, 2.24) is 9.88 Å². The number of pyridine rings is 1. The van der Waals surface area contributed by atoms with Gasteiger partial charge < -0.3 is 25.4 Å². The van der Waals surface area contributed by atoms with Crippen molar-refractivity contribution in [2.75, 3.05) is 23.7 Å². The molecule has 3 amide bonds. The highest BCUT2D eigenvalue weighted by molar-refractivity contribution is 5.99. The quantitative estimate of drug-likeness (QED) is 0.741. The molecule has 148 valence electrons. The average molecular weight is 388 g/mol. The van der Waals surface area contributed by atoms with Gasteiger partial charge in [-0.1, -0.05) is 0 Å². The van der Waals surface area contributed by atoms with Gasteiger partial charge in [-0.25, -0.2) is 14.0 Å². The predicted molar refractivity (Wildman–Crippen MR) is 101 cm³/mol. The number of hydrogen-bond acceptors (Lipinski definition) is 4. The number of ether oxygens (including phenoxy) is 1. The van der Waals surface area contributed by atoms with Gasteiger partial charge in [0, 0.05) is 30.1 Å². The van der Waals surface area contributed by atoms with E-state index in [1.807, 2.05) is 6.92 Å². The second-order valence-electron chi connectivity index (χ2n) is 6.55. The molecule has 28 heavy (non-hydrogen) atoms. The summed E-state index contributed by atoms with van der Waals surface area (Å²) in [5, 5.41) is 14.3. The van der Waals surface area contributed by atoms with E-state index in [4.69, 9.17) is 9.84 Å². The fraction of sp³-hybridized carbons (Fsp3) is 0.316. The van der Waals surface area contributed by atoms with Gasteiger partial charge in [-0.15, -0.1) is 0 Å². The number of aryl methyl sites for hydroxylation is 1. The molecule has 0 aliphatic carbocycles. The normalized spacial score (nSPS) is 16.4. The van der Waals surface area contributed by atoms with E-state index < -0.39 is 17.9 Å². The lowest BCUT2D eigenvalue weighted by Gasteiger charge is -2.31. The first kappa shape index (κ1) is 19.4. The molecular weight excluding hydrogens is 367 g/mol. The lowest BCUT2D eigenvalue weighted by Crippen LogP contribution is -2.43. The maximum atomic E-state index is 13.9. The van der Waals surface area contributed by atoms with Crippen molar-refractivity contribution >= 4 is 23.5 Å². The SMILES string of the molecule is Cc1ccc(NC(=O)Nc2cc(F)cc(OC3CCCN(C(=O)O)C3)c2)cn1. The second-order valence-corrected chi connectivity index (χ2v) is 6.55. The zero-order valence-corrected chi connectivity index (χ0v) is 15.3. The molecule has 0 spiro atoms. The Morgan fingerprint density at radius 1 is 1.25 bits per heavy atom. The smallest absolute Gasteiger partial charge is 0.407 e. The third-order valence-corrected chi connectivity index (χ3v) is 4.25. The third kappa shape index (κ3) is 5.32. The van der Waals surface area contributed by atoms with E-state index in [-0.39, 0.29) is 24.1 Å². The van der Waals surface area contributed by atoms with Crippen LogP contribution in [0.15, 0.2) is 36.5 Å². The van der Waals surface area contributed by atoms with Gasteiger partial charge in [0.05, 0.1) is 18.4 Å². The number of carboxylic acid groups (broad SMARTS) is 1. The summed E-state index contributed by atoms with van der Waals surface area (Å²) in [6.45, 7) is 2.51. The zero-order valence-electron chi connectivity index (χ0n) is 15.3. The number of carbonyl (C=O) groups is 2. The predicted octanol–water partition coefficient (Wildman–Crippen LogP) is 3.69. The van der Waals surface area contributed by atoms with Crippen LogP contribution >= 0.6 is 0 Å². The molecule has 1 unspecified atom stereocenters. The highest BCUT2D eigenvalue weighted by Crippen LogP contribution is 2.24. The Balaban J connectivity index is 1.63. The molecule has 2 heterocycles. The van der Waals surface area contributed by atoms with Crippen molar-refractivity contribution in [2.45, 2.75) is 25.9 Å². The number of halogens is 1. The van der Waals surface area contributed by atoms with Crippen LogP contribution in [0.4, 0.5) is 25.4 Å². The van der Waals surface area contributed by atoms with E-state index in [1.54, 1.807) is 12.1 Å². The maximum Gasteiger partial charge on any atom is 0.407 e. The van der Waals surface area contributed by atoms with Gasteiger partial charge in [0.15, 0.2) is 0 Å². The molecule has 1 aliphatic heterocycles. The van der Waals surface area contributed by atoms with Crippen molar-refractivity contribution in [1.29, 1.82) is 0 Å². The number of rotatable bonds is 4. The molecule has 1 fully saturated rings. The molecule has 0 saturated carbocycles. The van der Waals surface area contributed by atoms with Crippen molar-refractivity contribution in [3.8, 4) is 5.75 Å². The van der Waals surface area contributed by atoms with Crippen molar-refractivity contribution < 1.29 is 23.8 Å². The van der Waals surface area contributed by atoms with Crippen LogP contribution in [0.25, 0.3) is 0 Å². The van der Waals surface area contributed by atoms with Gasteiger partial charge in [0.1, 0.15) is 17.7 Å². The number of nitrogens with zero attached hydrogens (tertiary/aromatic N) is 2. The Bertz CT molecular complexity index is 860. The summed E-state index contributed by atoms with van der Waals surface area (Å²) in [6, 6.07) is 6.79. The molecule has 9 heteroatoms. The number of aromatic nitrogens is 1. The summed E-state index contributed by atoms with van der Waals surface area (Å²) >= 11 is 0. The highest BCUT2D eigenvalue weighted by atomic mass is 19.1. The summed E-state index contributed by atoms with van der Waals surface area (Å²) in [5.74, 6) is -0.347. The Kier molecular flexibility index (Phi) is 5.93. The monoisotopic (exact) mass is 388 g/mol. The van der Waals surface area contributed by atoms with E-state index in [0.717, 1.165) is 5.69 Å². The number of nitrogens with one attached hydrogen (secondary N) is 2. The van der Waals surface area contributed by atoms with Crippen LogP contribution < -0.4 is 15.4 Å². The number of carbonyl (C=O) groups excluding carboxylic acids is 1. The molecule has 0 radical (unpaired) electrons. The van der Waals surface area contributed by atoms with E-state index in [2.05, 4.69) is 15.6 Å². The van der Waals surface area contributed by atoms with Gasteiger partial charge in [-0.2, -0.15) is 0 Å². The molecule has 1 atom stereocenters. The van der Waals surface area contributed by atoms with Gasteiger partial charge in [0.2, 0.25) is 0 Å². The van der Waals surface area contributed by atoms with Gasteiger partial charge in [-0.3, -0.25) is 4.98 Å². The van der Waals surface area contributed by atoms with Crippen LogP contribution in [0.1, 0.15) is 18.5 Å². The number of anilines is 2. The van der Waals surface area contributed by atoms with Crippen LogP contribution in [0, 0.1) is 12.7 Å². The molecule has 8 nitrogen and oxygen atoms in total. The van der Waals surface area contributed by atoms with Gasteiger partial charge >= 0.3 is 12.1 Å². The van der Waals surface area contributed by atoms with Crippen LogP contribution in [0.3, 0.4) is 0 Å². The van der Waals surface area contributed by atoms with Crippen LogP contribution in [0.2, 0.25) is 0 Å². The highest BCUT2D eigenvalue weighted by Gasteiger charge is 2.24. The third-order valence-electron chi connectivity index (χ3n) is 4.25. The first-order valence-electron chi connectivity index (χ1n) is 8.85. The number of hydrogen-bond donors (Lipinski definition) is 3. The van der Waals surface area contributed by atoms with E-state index in [0.29, 0.717) is 25.1 Å². The number of amides is 3. The van der Waals surface area contributed by atoms with E-state index in [1.165, 1.54) is 29.3 Å². The van der Waals surface area contributed by atoms with E-state index >= 15 is 0 Å². The molecule has 1 aromatic carbocycles. The van der Waals surface area contributed by atoms with Gasteiger partial charge in [-0.05, 0) is 38.0 Å². The molecule has 3 N–H and O–H groups in total. The standard InChI is InChI=1S/C19H21FN4O4/c1-12-4-5-14(10-21-12)22-18(25)23-15-7-13(20)8-17(9-15)28-16-3-2-6-24(11-16)19(26)27/h4-5,7-10,16H,2-3,6,11H2,1H3,(H,26,27)(H2,22,23,25). The summed E-state index contributed by atoms with van der Waals surface area (Å²) in [6.07, 6.45) is 1.49. The molecular formula is C19H21FN4O4. The second kappa shape index (κ2) is 8.55. The van der Waals surface area contributed by atoms with Crippen LogP contribution in [-0.4, -0.2) is 46.3 Å². The van der Waals surface area contributed by atoms with Crippen molar-refractivity contribution in [3.63, 3.8) is 0 Å². The number of urea groups is 1. The summed E-state index contributed by atoms with van der Waals surface area (Å²) in [5.41, 5.74) is 1.55. The van der Waals surface area contributed by atoms with Crippen LogP contribution in [0.5, 0.6) is 5.75 Å². The van der Waals surface area contributed by atoms with Crippen molar-refractivity contribution in [3.05, 3.63) is 48.0 Å². The fourth-order valence-electron chi connectivity index (χ4n) is 2.94.